The molecule has 0 spiro atoms. The normalized spacial score (nSPS) is 20.8. The van der Waals surface area contributed by atoms with Gasteiger partial charge in [0.15, 0.2) is 0 Å². The van der Waals surface area contributed by atoms with E-state index in [4.69, 9.17) is 10.5 Å². The molecule has 100 valence electrons. The molecular weight excluding hydrogens is 244 g/mol. The summed E-state index contributed by atoms with van der Waals surface area (Å²) in [5.41, 5.74) is 6.47. The van der Waals surface area contributed by atoms with Crippen molar-refractivity contribution in [3.63, 3.8) is 0 Å². The summed E-state index contributed by atoms with van der Waals surface area (Å²) in [7, 11) is 0. The van der Waals surface area contributed by atoms with Crippen molar-refractivity contribution in [1.29, 1.82) is 0 Å². The molecule has 1 saturated heterocycles. The number of rotatable bonds is 5. The van der Waals surface area contributed by atoms with Gasteiger partial charge in [-0.2, -0.15) is 11.8 Å². The maximum absolute atomic E-state index is 5.71. The molecule has 0 saturated carbocycles. The maximum atomic E-state index is 5.71. The van der Waals surface area contributed by atoms with Crippen LogP contribution in [-0.4, -0.2) is 42.1 Å². The van der Waals surface area contributed by atoms with E-state index >= 15 is 0 Å². The molecule has 1 fully saturated rings. The van der Waals surface area contributed by atoms with Crippen LogP contribution >= 0.6 is 11.8 Å². The number of thioether (sulfide) groups is 1. The highest BCUT2D eigenvalue weighted by atomic mass is 32.2. The van der Waals surface area contributed by atoms with E-state index in [9.17, 15) is 0 Å². The second kappa shape index (κ2) is 6.90. The minimum absolute atomic E-state index is 0.705. The molecule has 0 aromatic heterocycles. The van der Waals surface area contributed by atoms with Gasteiger partial charge in [-0.25, -0.2) is 0 Å². The van der Waals surface area contributed by atoms with Crippen LogP contribution in [0.2, 0.25) is 0 Å². The minimum atomic E-state index is 0.705. The molecular formula is C14H22N2OS. The summed E-state index contributed by atoms with van der Waals surface area (Å²) in [6, 6.07) is 8.33. The molecule has 2 rings (SSSR count). The summed E-state index contributed by atoms with van der Waals surface area (Å²) in [4.78, 5) is 2.55. The first-order valence-corrected chi connectivity index (χ1v) is 7.71. The van der Waals surface area contributed by atoms with Gasteiger partial charge < -0.3 is 10.5 Å². The van der Waals surface area contributed by atoms with Crippen LogP contribution in [0.1, 0.15) is 13.3 Å². The number of nitrogens with zero attached hydrogens (tertiary/aromatic N) is 1. The van der Waals surface area contributed by atoms with Crippen molar-refractivity contribution in [1.82, 2.24) is 4.90 Å². The molecule has 0 aliphatic carbocycles. The number of anilines is 1. The van der Waals surface area contributed by atoms with Crippen LogP contribution in [0.15, 0.2) is 24.3 Å². The number of nitrogens with two attached hydrogens (primary N) is 1. The molecule has 0 amide bonds. The highest BCUT2D eigenvalue weighted by Crippen LogP contribution is 2.17. The second-order valence-electron chi connectivity index (χ2n) is 4.73. The predicted molar refractivity (Wildman–Crippen MR) is 79.3 cm³/mol. The topological polar surface area (TPSA) is 38.5 Å². The highest BCUT2D eigenvalue weighted by Gasteiger charge is 2.17. The van der Waals surface area contributed by atoms with E-state index < -0.39 is 0 Å². The highest BCUT2D eigenvalue weighted by molar-refractivity contribution is 7.99. The van der Waals surface area contributed by atoms with Crippen LogP contribution in [0.3, 0.4) is 0 Å². The smallest absolute Gasteiger partial charge is 0.121 e. The average Bonchev–Trinajstić information content (AvgIpc) is 2.37. The number of hydrogen-bond acceptors (Lipinski definition) is 4. The van der Waals surface area contributed by atoms with Crippen LogP contribution in [0.25, 0.3) is 0 Å². The van der Waals surface area contributed by atoms with E-state index in [2.05, 4.69) is 23.6 Å². The fourth-order valence-corrected chi connectivity index (χ4v) is 3.24. The van der Waals surface area contributed by atoms with E-state index in [0.29, 0.717) is 6.04 Å². The predicted octanol–water partition coefficient (Wildman–Crippen LogP) is 2.48. The lowest BCUT2D eigenvalue weighted by Gasteiger charge is -2.32. The van der Waals surface area contributed by atoms with Gasteiger partial charge in [-0.1, -0.05) is 6.07 Å². The molecule has 0 bridgehead atoms. The molecule has 1 aromatic rings. The lowest BCUT2D eigenvalue weighted by molar-refractivity contribution is 0.206. The Balaban J connectivity index is 1.66. The molecule has 0 radical (unpaired) electrons. The summed E-state index contributed by atoms with van der Waals surface area (Å²) in [5, 5.41) is 0. The first-order valence-electron chi connectivity index (χ1n) is 6.56. The van der Waals surface area contributed by atoms with Gasteiger partial charge in [0.1, 0.15) is 5.75 Å². The van der Waals surface area contributed by atoms with E-state index in [-0.39, 0.29) is 0 Å². The van der Waals surface area contributed by atoms with Crippen molar-refractivity contribution < 1.29 is 4.74 Å². The summed E-state index contributed by atoms with van der Waals surface area (Å²) < 4.78 is 5.70. The lowest BCUT2D eigenvalue weighted by Crippen LogP contribution is -2.41. The summed E-state index contributed by atoms with van der Waals surface area (Å²) in [6.45, 7) is 5.42. The third-order valence-corrected chi connectivity index (χ3v) is 4.41. The first-order chi connectivity index (χ1) is 8.75. The number of ether oxygens (including phenoxy) is 1. The van der Waals surface area contributed by atoms with Crippen LogP contribution < -0.4 is 10.5 Å². The van der Waals surface area contributed by atoms with Crippen LogP contribution in [0, 0.1) is 0 Å². The zero-order valence-corrected chi connectivity index (χ0v) is 11.8. The number of nitrogen functional groups attached to an aromatic ring is 1. The number of hydrogen-bond donors (Lipinski definition) is 1. The fourth-order valence-electron chi connectivity index (χ4n) is 2.16. The standard InChI is InChI=1S/C14H22N2OS/c1-12-11-18-9-7-16(12)6-3-8-17-14-5-2-4-13(15)10-14/h2,4-5,10,12H,3,6-9,11,15H2,1H3. The largest absolute Gasteiger partial charge is 0.493 e. The minimum Gasteiger partial charge on any atom is -0.493 e. The lowest BCUT2D eigenvalue weighted by atomic mass is 10.3. The molecule has 2 N–H and O–H groups in total. The van der Waals surface area contributed by atoms with Crippen molar-refractivity contribution in [2.24, 2.45) is 0 Å². The Bertz CT molecular complexity index is 373. The SMILES string of the molecule is CC1CSCCN1CCCOc1cccc(N)c1. The van der Waals surface area contributed by atoms with Gasteiger partial charge in [0.25, 0.3) is 0 Å². The van der Waals surface area contributed by atoms with Crippen molar-refractivity contribution in [2.75, 3.05) is 36.9 Å². The molecule has 1 aromatic carbocycles. The van der Waals surface area contributed by atoms with Crippen molar-refractivity contribution in [3.05, 3.63) is 24.3 Å². The van der Waals surface area contributed by atoms with E-state index in [1.807, 2.05) is 24.3 Å². The number of benzene rings is 1. The summed E-state index contributed by atoms with van der Waals surface area (Å²) >= 11 is 2.06. The van der Waals surface area contributed by atoms with Crippen LogP contribution in [0.5, 0.6) is 5.75 Å². The molecule has 18 heavy (non-hydrogen) atoms. The molecule has 1 aliphatic heterocycles. The Morgan fingerprint density at radius 2 is 2.39 bits per heavy atom. The third kappa shape index (κ3) is 4.10. The van der Waals surface area contributed by atoms with Crippen LogP contribution in [0.4, 0.5) is 5.69 Å². The fraction of sp³-hybridized carbons (Fsp3) is 0.571. The molecule has 1 heterocycles. The van der Waals surface area contributed by atoms with Gasteiger partial charge in [-0.05, 0) is 25.5 Å². The molecule has 4 heteroatoms. The quantitative estimate of drug-likeness (QED) is 0.656. The van der Waals surface area contributed by atoms with Gasteiger partial charge in [0.2, 0.25) is 0 Å². The Hall–Kier alpha value is -0.870. The van der Waals surface area contributed by atoms with Crippen molar-refractivity contribution in [2.45, 2.75) is 19.4 Å². The van der Waals surface area contributed by atoms with Gasteiger partial charge >= 0.3 is 0 Å². The summed E-state index contributed by atoms with van der Waals surface area (Å²) in [5.74, 6) is 3.40. The Morgan fingerprint density at radius 1 is 1.50 bits per heavy atom. The van der Waals surface area contributed by atoms with E-state index in [1.165, 1.54) is 18.1 Å². The van der Waals surface area contributed by atoms with Crippen LogP contribution in [-0.2, 0) is 0 Å². The molecule has 1 atom stereocenters. The van der Waals surface area contributed by atoms with Gasteiger partial charge in [-0.3, -0.25) is 4.90 Å². The van der Waals surface area contributed by atoms with Crippen molar-refractivity contribution in [3.8, 4) is 5.75 Å². The van der Waals surface area contributed by atoms with E-state index in [1.54, 1.807) is 0 Å². The molecule has 1 aliphatic rings. The zero-order valence-electron chi connectivity index (χ0n) is 11.0. The Labute approximate surface area is 114 Å². The zero-order chi connectivity index (χ0) is 12.8. The van der Waals surface area contributed by atoms with Gasteiger partial charge in [0.05, 0.1) is 6.61 Å². The van der Waals surface area contributed by atoms with Gasteiger partial charge in [-0.15, -0.1) is 0 Å². The van der Waals surface area contributed by atoms with Gasteiger partial charge in [0, 0.05) is 42.4 Å². The Morgan fingerprint density at radius 3 is 3.17 bits per heavy atom. The average molecular weight is 266 g/mol. The van der Waals surface area contributed by atoms with E-state index in [0.717, 1.165) is 31.0 Å². The maximum Gasteiger partial charge on any atom is 0.121 e. The van der Waals surface area contributed by atoms with Crippen molar-refractivity contribution >= 4 is 17.4 Å². The first kappa shape index (κ1) is 13.6. The second-order valence-corrected chi connectivity index (χ2v) is 5.88. The molecule has 3 nitrogen and oxygen atoms in total. The summed E-state index contributed by atoms with van der Waals surface area (Å²) in [6.07, 6.45) is 1.07. The molecule has 1 unspecified atom stereocenters. The Kier molecular flexibility index (Phi) is 5.20. The monoisotopic (exact) mass is 266 g/mol. The third-order valence-electron chi connectivity index (χ3n) is 3.22.